The predicted octanol–water partition coefficient (Wildman–Crippen LogP) is 4.84. The third-order valence-electron chi connectivity index (χ3n) is 4.31. The molecule has 0 N–H and O–H groups in total. The van der Waals surface area contributed by atoms with Crippen molar-refractivity contribution >= 4 is 34.8 Å². The molecule has 1 unspecified atom stereocenters. The van der Waals surface area contributed by atoms with Crippen molar-refractivity contribution in [3.8, 4) is 11.4 Å². The molecule has 2 heterocycles. The van der Waals surface area contributed by atoms with Gasteiger partial charge >= 0.3 is 0 Å². The van der Waals surface area contributed by atoms with Gasteiger partial charge in [-0.25, -0.2) is 8.78 Å². The van der Waals surface area contributed by atoms with E-state index in [-0.39, 0.29) is 40.0 Å². The van der Waals surface area contributed by atoms with Gasteiger partial charge in [0.25, 0.3) is 0 Å². The molecule has 1 amide bonds. The minimum atomic E-state index is -0.553. The lowest BCUT2D eigenvalue weighted by Crippen LogP contribution is -2.24. The number of benzene rings is 2. The molecule has 1 saturated heterocycles. The number of hydrogen-bond donors (Lipinski definition) is 0. The van der Waals surface area contributed by atoms with Crippen LogP contribution in [0.1, 0.15) is 18.2 Å². The average molecular weight is 410 g/mol. The Morgan fingerprint density at radius 3 is 2.48 bits per heavy atom. The second-order valence-corrected chi connectivity index (χ2v) is 6.90. The molecule has 0 aliphatic carbocycles. The summed E-state index contributed by atoms with van der Waals surface area (Å²) in [4.78, 5) is 18.2. The highest BCUT2D eigenvalue weighted by atomic mass is 35.5. The van der Waals surface area contributed by atoms with Gasteiger partial charge in [-0.2, -0.15) is 4.98 Å². The lowest BCUT2D eigenvalue weighted by molar-refractivity contribution is -0.117. The van der Waals surface area contributed by atoms with Crippen LogP contribution in [0.5, 0.6) is 0 Å². The molecule has 1 aromatic heterocycles. The summed E-state index contributed by atoms with van der Waals surface area (Å²) in [6.07, 6.45) is 0.167. The quantitative estimate of drug-likeness (QED) is 0.620. The van der Waals surface area contributed by atoms with E-state index in [1.807, 2.05) is 0 Å². The van der Waals surface area contributed by atoms with Gasteiger partial charge in [0.05, 0.1) is 16.0 Å². The number of hydrogen-bond acceptors (Lipinski definition) is 4. The number of carbonyl (C=O) groups excluding carboxylic acids is 1. The number of amides is 1. The van der Waals surface area contributed by atoms with E-state index in [0.29, 0.717) is 17.8 Å². The maximum Gasteiger partial charge on any atom is 0.232 e. The molecule has 1 aliphatic heterocycles. The molecule has 0 spiro atoms. The van der Waals surface area contributed by atoms with Crippen molar-refractivity contribution in [1.29, 1.82) is 0 Å². The lowest BCUT2D eigenvalue weighted by atomic mass is 10.1. The van der Waals surface area contributed by atoms with E-state index in [0.717, 1.165) is 0 Å². The summed E-state index contributed by atoms with van der Waals surface area (Å²) in [5.41, 5.74) is 1.00. The zero-order valence-electron chi connectivity index (χ0n) is 13.6. The van der Waals surface area contributed by atoms with Crippen LogP contribution in [0.15, 0.2) is 40.9 Å². The fourth-order valence-electron chi connectivity index (χ4n) is 2.93. The van der Waals surface area contributed by atoms with E-state index < -0.39 is 11.6 Å². The van der Waals surface area contributed by atoms with E-state index in [1.165, 1.54) is 41.3 Å². The Morgan fingerprint density at radius 1 is 1.07 bits per heavy atom. The molecule has 27 heavy (non-hydrogen) atoms. The van der Waals surface area contributed by atoms with Crippen molar-refractivity contribution in [2.45, 2.75) is 12.3 Å². The molecule has 0 bridgehead atoms. The number of carbonyl (C=O) groups is 1. The van der Waals surface area contributed by atoms with Gasteiger partial charge in [0.2, 0.25) is 17.6 Å². The fourth-order valence-corrected chi connectivity index (χ4v) is 3.28. The van der Waals surface area contributed by atoms with Gasteiger partial charge in [-0.3, -0.25) is 4.79 Å². The van der Waals surface area contributed by atoms with Crippen LogP contribution in [0.3, 0.4) is 0 Å². The van der Waals surface area contributed by atoms with Gasteiger partial charge < -0.3 is 9.42 Å². The Hall–Kier alpha value is -2.51. The summed E-state index contributed by atoms with van der Waals surface area (Å²) in [7, 11) is 0. The van der Waals surface area contributed by atoms with Crippen LogP contribution in [0, 0.1) is 11.6 Å². The second-order valence-electron chi connectivity index (χ2n) is 6.09. The predicted molar refractivity (Wildman–Crippen MR) is 95.8 cm³/mol. The van der Waals surface area contributed by atoms with Gasteiger partial charge in [0.15, 0.2) is 0 Å². The first kappa shape index (κ1) is 17.9. The third-order valence-corrected chi connectivity index (χ3v) is 4.89. The summed E-state index contributed by atoms with van der Waals surface area (Å²) < 4.78 is 31.9. The largest absolute Gasteiger partial charge is 0.339 e. The maximum absolute atomic E-state index is 13.3. The molecular formula is C18H11Cl2F2N3O2. The van der Waals surface area contributed by atoms with Gasteiger partial charge in [-0.1, -0.05) is 28.4 Å². The van der Waals surface area contributed by atoms with E-state index in [4.69, 9.17) is 27.7 Å². The van der Waals surface area contributed by atoms with Crippen molar-refractivity contribution in [2.24, 2.45) is 0 Å². The molecule has 1 fully saturated rings. The molecular weight excluding hydrogens is 399 g/mol. The molecule has 4 rings (SSSR count). The molecule has 9 heteroatoms. The smallest absolute Gasteiger partial charge is 0.232 e. The van der Waals surface area contributed by atoms with Crippen LogP contribution in [0.2, 0.25) is 10.0 Å². The molecule has 3 aromatic rings. The van der Waals surface area contributed by atoms with Crippen molar-refractivity contribution in [3.63, 3.8) is 0 Å². The number of halogens is 4. The minimum absolute atomic E-state index is 0.0470. The zero-order chi connectivity index (χ0) is 19.1. The van der Waals surface area contributed by atoms with Crippen molar-refractivity contribution in [1.82, 2.24) is 10.1 Å². The highest BCUT2D eigenvalue weighted by Crippen LogP contribution is 2.33. The Morgan fingerprint density at radius 2 is 1.78 bits per heavy atom. The van der Waals surface area contributed by atoms with Crippen molar-refractivity contribution < 1.29 is 18.1 Å². The van der Waals surface area contributed by atoms with Crippen molar-refractivity contribution in [3.05, 3.63) is 64.0 Å². The van der Waals surface area contributed by atoms with E-state index >= 15 is 0 Å². The van der Waals surface area contributed by atoms with Gasteiger partial charge in [0.1, 0.15) is 11.6 Å². The summed E-state index contributed by atoms with van der Waals surface area (Å²) >= 11 is 11.6. The number of aromatic nitrogens is 2. The summed E-state index contributed by atoms with van der Waals surface area (Å²) in [5.74, 6) is -1.04. The number of anilines is 1. The summed E-state index contributed by atoms with van der Waals surface area (Å²) in [6, 6.07) is 8.20. The molecule has 1 aliphatic rings. The van der Waals surface area contributed by atoms with Crippen LogP contribution in [0.4, 0.5) is 14.5 Å². The summed E-state index contributed by atoms with van der Waals surface area (Å²) in [6.45, 7) is 0.298. The Kier molecular flexibility index (Phi) is 4.57. The van der Waals surface area contributed by atoms with Crippen molar-refractivity contribution in [2.75, 3.05) is 11.4 Å². The topological polar surface area (TPSA) is 59.2 Å². The molecule has 0 saturated carbocycles. The summed E-state index contributed by atoms with van der Waals surface area (Å²) in [5, 5.41) is 3.78. The average Bonchev–Trinajstić information content (AvgIpc) is 3.27. The first-order chi connectivity index (χ1) is 12.9. The molecule has 2 aromatic carbocycles. The zero-order valence-corrected chi connectivity index (χ0v) is 15.1. The maximum atomic E-state index is 13.3. The molecule has 1 atom stereocenters. The Labute approximate surface area is 162 Å². The normalized spacial score (nSPS) is 17.0. The van der Waals surface area contributed by atoms with Gasteiger partial charge in [-0.15, -0.1) is 0 Å². The van der Waals surface area contributed by atoms with Gasteiger partial charge in [-0.05, 0) is 36.4 Å². The lowest BCUT2D eigenvalue weighted by Gasteiger charge is -2.16. The van der Waals surface area contributed by atoms with Crippen LogP contribution in [-0.4, -0.2) is 22.6 Å². The molecule has 138 valence electrons. The van der Waals surface area contributed by atoms with Crippen LogP contribution < -0.4 is 4.90 Å². The highest BCUT2D eigenvalue weighted by Gasteiger charge is 2.35. The van der Waals surface area contributed by atoms with E-state index in [2.05, 4.69) is 10.1 Å². The van der Waals surface area contributed by atoms with E-state index in [1.54, 1.807) is 0 Å². The third kappa shape index (κ3) is 3.40. The Balaban J connectivity index is 1.56. The van der Waals surface area contributed by atoms with E-state index in [9.17, 15) is 13.6 Å². The van der Waals surface area contributed by atoms with Crippen LogP contribution >= 0.6 is 23.2 Å². The molecule has 5 nitrogen and oxygen atoms in total. The van der Waals surface area contributed by atoms with Crippen LogP contribution in [-0.2, 0) is 4.79 Å². The molecule has 0 radical (unpaired) electrons. The highest BCUT2D eigenvalue weighted by molar-refractivity contribution is 6.31. The fraction of sp³-hybridized carbons (Fsp3) is 0.167. The van der Waals surface area contributed by atoms with Crippen LogP contribution in [0.25, 0.3) is 11.4 Å². The second kappa shape index (κ2) is 6.90. The monoisotopic (exact) mass is 409 g/mol. The first-order valence-electron chi connectivity index (χ1n) is 7.97. The number of nitrogens with zero attached hydrogens (tertiary/aromatic N) is 3. The first-order valence-corrected chi connectivity index (χ1v) is 8.72. The number of rotatable bonds is 3. The van der Waals surface area contributed by atoms with Gasteiger partial charge in [0, 0.05) is 24.2 Å². The minimum Gasteiger partial charge on any atom is -0.339 e. The Bertz CT molecular complexity index is 1040. The standard InChI is InChI=1S/C18H11Cl2F2N3O2/c19-12-5-9(1-3-14(12)21)17-23-18(27-24-17)10-6-16(26)25(8-10)11-2-4-15(22)13(20)7-11/h1-5,7,10H,6,8H2. The SMILES string of the molecule is O=C1CC(c2nc(-c3ccc(F)c(Cl)c3)no2)CN1c1ccc(F)c(Cl)c1.